The zero-order valence-corrected chi connectivity index (χ0v) is 9.97. The first-order valence-electron chi connectivity index (χ1n) is 5.77. The van der Waals surface area contributed by atoms with E-state index in [1.54, 1.807) is 6.33 Å². The molecule has 19 heavy (non-hydrogen) atoms. The number of nitrogens with zero attached hydrogens (tertiary/aromatic N) is 5. The van der Waals surface area contributed by atoms with Gasteiger partial charge in [-0.3, -0.25) is 0 Å². The number of carboxylic acids is 1. The Morgan fingerprint density at radius 1 is 1.26 bits per heavy atom. The first kappa shape index (κ1) is 11.4. The Balaban J connectivity index is 1.76. The minimum Gasteiger partial charge on any atom is -0.476 e. The Kier molecular flexibility index (Phi) is 2.71. The summed E-state index contributed by atoms with van der Waals surface area (Å²) in [4.78, 5) is 15.0. The quantitative estimate of drug-likeness (QED) is 0.754. The van der Waals surface area contributed by atoms with E-state index in [1.165, 1.54) is 10.9 Å². The third kappa shape index (κ3) is 2.17. The fourth-order valence-corrected chi connectivity index (χ4v) is 1.90. The lowest BCUT2D eigenvalue weighted by Gasteiger charge is -2.03. The Hall–Kier alpha value is -2.70. The maximum atomic E-state index is 10.7. The van der Waals surface area contributed by atoms with Crippen LogP contribution in [0.25, 0.3) is 11.0 Å². The molecule has 0 atom stereocenters. The number of para-hydroxylation sites is 2. The molecule has 0 spiro atoms. The summed E-state index contributed by atoms with van der Waals surface area (Å²) in [5, 5.41) is 16.1. The summed E-state index contributed by atoms with van der Waals surface area (Å²) in [6.07, 6.45) is 3.18. The molecule has 0 fully saturated rings. The van der Waals surface area contributed by atoms with Crippen LogP contribution in [0.15, 0.2) is 36.8 Å². The smallest absolute Gasteiger partial charge is 0.358 e. The minimum atomic E-state index is -1.07. The second-order valence-electron chi connectivity index (χ2n) is 4.10. The van der Waals surface area contributed by atoms with Crippen LogP contribution < -0.4 is 0 Å². The van der Waals surface area contributed by atoms with Gasteiger partial charge in [-0.25, -0.2) is 14.5 Å². The first-order chi connectivity index (χ1) is 9.24. The van der Waals surface area contributed by atoms with Gasteiger partial charge in [0.15, 0.2) is 5.69 Å². The van der Waals surface area contributed by atoms with Gasteiger partial charge in [0, 0.05) is 6.54 Å². The van der Waals surface area contributed by atoms with Crippen LogP contribution in [0, 0.1) is 0 Å². The lowest BCUT2D eigenvalue weighted by Crippen LogP contribution is -2.07. The van der Waals surface area contributed by atoms with Crippen LogP contribution in [0.2, 0.25) is 0 Å². The van der Waals surface area contributed by atoms with E-state index in [0.29, 0.717) is 13.1 Å². The van der Waals surface area contributed by atoms with Crippen molar-refractivity contribution in [3.05, 3.63) is 42.5 Å². The van der Waals surface area contributed by atoms with Gasteiger partial charge in [0.05, 0.1) is 30.1 Å². The molecular formula is C12H11N5O2. The van der Waals surface area contributed by atoms with Crippen molar-refractivity contribution in [2.45, 2.75) is 13.1 Å². The lowest BCUT2D eigenvalue weighted by molar-refractivity contribution is 0.0690. The first-order valence-corrected chi connectivity index (χ1v) is 5.77. The van der Waals surface area contributed by atoms with Gasteiger partial charge in [-0.05, 0) is 12.1 Å². The highest BCUT2D eigenvalue weighted by atomic mass is 16.4. The third-order valence-electron chi connectivity index (χ3n) is 2.86. The van der Waals surface area contributed by atoms with Crippen molar-refractivity contribution < 1.29 is 9.90 Å². The summed E-state index contributed by atoms with van der Waals surface area (Å²) in [6, 6.07) is 7.84. The van der Waals surface area contributed by atoms with Crippen LogP contribution in [0.4, 0.5) is 0 Å². The Morgan fingerprint density at radius 3 is 2.89 bits per heavy atom. The molecule has 0 unspecified atom stereocenters. The third-order valence-corrected chi connectivity index (χ3v) is 2.86. The molecule has 2 heterocycles. The zero-order valence-electron chi connectivity index (χ0n) is 9.97. The molecule has 0 radical (unpaired) electrons. The topological polar surface area (TPSA) is 85.8 Å². The number of imidazole rings is 1. The van der Waals surface area contributed by atoms with Crippen LogP contribution in [-0.4, -0.2) is 35.6 Å². The number of benzene rings is 1. The number of hydrogen-bond donors (Lipinski definition) is 1. The van der Waals surface area contributed by atoms with Crippen molar-refractivity contribution in [1.29, 1.82) is 0 Å². The average molecular weight is 257 g/mol. The molecule has 0 aliphatic heterocycles. The van der Waals surface area contributed by atoms with E-state index >= 15 is 0 Å². The predicted octanol–water partition coefficient (Wildman–Crippen LogP) is 1.03. The zero-order chi connectivity index (χ0) is 13.2. The van der Waals surface area contributed by atoms with Crippen molar-refractivity contribution in [1.82, 2.24) is 24.5 Å². The van der Waals surface area contributed by atoms with Crippen molar-refractivity contribution in [3.8, 4) is 0 Å². The molecule has 7 nitrogen and oxygen atoms in total. The summed E-state index contributed by atoms with van der Waals surface area (Å²) in [5.41, 5.74) is 1.93. The highest BCUT2D eigenvalue weighted by molar-refractivity contribution is 5.84. The number of rotatable bonds is 4. The van der Waals surface area contributed by atoms with Gasteiger partial charge >= 0.3 is 5.97 Å². The SMILES string of the molecule is O=C(O)c1cn(CCn2cnc3ccccc32)nn1. The van der Waals surface area contributed by atoms with Gasteiger partial charge in [-0.15, -0.1) is 5.10 Å². The highest BCUT2D eigenvalue weighted by Crippen LogP contribution is 2.11. The number of aryl methyl sites for hydroxylation is 2. The van der Waals surface area contributed by atoms with E-state index in [1.807, 2.05) is 28.8 Å². The number of carboxylic acid groups (broad SMARTS) is 1. The summed E-state index contributed by atoms with van der Waals surface area (Å²) >= 11 is 0. The highest BCUT2D eigenvalue weighted by Gasteiger charge is 2.08. The average Bonchev–Trinajstić information content (AvgIpc) is 3.03. The van der Waals surface area contributed by atoms with Crippen molar-refractivity contribution in [3.63, 3.8) is 0 Å². The van der Waals surface area contributed by atoms with E-state index in [4.69, 9.17) is 5.11 Å². The van der Waals surface area contributed by atoms with Crippen LogP contribution in [0.3, 0.4) is 0 Å². The van der Waals surface area contributed by atoms with Gasteiger partial charge in [0.1, 0.15) is 0 Å². The normalized spacial score (nSPS) is 10.9. The van der Waals surface area contributed by atoms with E-state index in [0.717, 1.165) is 11.0 Å². The Bertz CT molecular complexity index is 730. The maximum Gasteiger partial charge on any atom is 0.358 e. The van der Waals surface area contributed by atoms with Gasteiger partial charge in [-0.1, -0.05) is 17.3 Å². The monoisotopic (exact) mass is 257 g/mol. The van der Waals surface area contributed by atoms with E-state index in [2.05, 4.69) is 15.3 Å². The lowest BCUT2D eigenvalue weighted by atomic mass is 10.3. The van der Waals surface area contributed by atoms with Crippen LogP contribution >= 0.6 is 0 Å². The second-order valence-corrected chi connectivity index (χ2v) is 4.10. The molecule has 96 valence electrons. The molecule has 0 saturated carbocycles. The minimum absolute atomic E-state index is 0.0458. The molecule has 3 aromatic rings. The number of aromatic nitrogens is 5. The standard InChI is InChI=1S/C12H11N5O2/c18-12(19)10-7-17(15-14-10)6-5-16-8-13-9-3-1-2-4-11(9)16/h1-4,7-8H,5-6H2,(H,18,19). The van der Waals surface area contributed by atoms with Crippen LogP contribution in [0.1, 0.15) is 10.5 Å². The molecule has 0 bridgehead atoms. The van der Waals surface area contributed by atoms with Crippen molar-refractivity contribution in [2.24, 2.45) is 0 Å². The Morgan fingerprint density at radius 2 is 2.11 bits per heavy atom. The Labute approximate surface area is 108 Å². The molecule has 7 heteroatoms. The molecule has 1 N–H and O–H groups in total. The molecule has 0 amide bonds. The molecule has 1 aromatic carbocycles. The number of hydrogen-bond acceptors (Lipinski definition) is 4. The van der Waals surface area contributed by atoms with Crippen LogP contribution in [-0.2, 0) is 13.1 Å². The number of carbonyl (C=O) groups is 1. The van der Waals surface area contributed by atoms with Crippen molar-refractivity contribution in [2.75, 3.05) is 0 Å². The largest absolute Gasteiger partial charge is 0.476 e. The number of aromatic carboxylic acids is 1. The van der Waals surface area contributed by atoms with E-state index in [-0.39, 0.29) is 5.69 Å². The van der Waals surface area contributed by atoms with Crippen LogP contribution in [0.5, 0.6) is 0 Å². The molecule has 3 rings (SSSR count). The maximum absolute atomic E-state index is 10.7. The van der Waals surface area contributed by atoms with Gasteiger partial charge in [-0.2, -0.15) is 0 Å². The van der Waals surface area contributed by atoms with E-state index < -0.39 is 5.97 Å². The summed E-state index contributed by atoms with van der Waals surface area (Å²) in [5.74, 6) is -1.07. The van der Waals surface area contributed by atoms with Gasteiger partial charge in [0.25, 0.3) is 0 Å². The molecule has 0 saturated heterocycles. The summed E-state index contributed by atoms with van der Waals surface area (Å²) < 4.78 is 3.51. The predicted molar refractivity (Wildman–Crippen MR) is 66.7 cm³/mol. The summed E-state index contributed by atoms with van der Waals surface area (Å²) in [7, 11) is 0. The molecular weight excluding hydrogens is 246 g/mol. The number of fused-ring (bicyclic) bond motifs is 1. The summed E-state index contributed by atoms with van der Waals surface area (Å²) in [6.45, 7) is 1.20. The molecule has 0 aliphatic carbocycles. The fraction of sp³-hybridized carbons (Fsp3) is 0.167. The van der Waals surface area contributed by atoms with Gasteiger partial charge < -0.3 is 9.67 Å². The molecule has 0 aliphatic rings. The van der Waals surface area contributed by atoms with Gasteiger partial charge in [0.2, 0.25) is 0 Å². The van der Waals surface area contributed by atoms with Crippen molar-refractivity contribution >= 4 is 17.0 Å². The van der Waals surface area contributed by atoms with E-state index in [9.17, 15) is 4.79 Å². The molecule has 2 aromatic heterocycles. The fourth-order valence-electron chi connectivity index (χ4n) is 1.90. The second kappa shape index (κ2) is 4.52.